The van der Waals surface area contributed by atoms with Gasteiger partial charge in [-0.1, -0.05) is 0 Å². The summed E-state index contributed by atoms with van der Waals surface area (Å²) in [5, 5.41) is 14.2. The highest BCUT2D eigenvalue weighted by Gasteiger charge is 2.57. The molecular weight excluding hydrogens is 866 g/mol. The number of hydrogen-bond donors (Lipinski definition) is 4. The topological polar surface area (TPSA) is 167 Å². The van der Waals surface area contributed by atoms with Crippen molar-refractivity contribution in [1.29, 1.82) is 0 Å². The highest BCUT2D eigenvalue weighted by molar-refractivity contribution is 6.07. The molecular formula is C31H28F18N4O6. The molecule has 3 amide bonds. The van der Waals surface area contributed by atoms with E-state index >= 15 is 0 Å². The Hall–Kier alpha value is -5.02. The number of imide groups is 1. The second-order valence-electron chi connectivity index (χ2n) is 12.0. The average molecular weight is 895 g/mol. The lowest BCUT2D eigenvalue weighted by atomic mass is 9.81. The fourth-order valence-electron chi connectivity index (χ4n) is 5.11. The van der Waals surface area contributed by atoms with Crippen molar-refractivity contribution in [2.24, 2.45) is 11.5 Å². The third kappa shape index (κ3) is 14.6. The molecule has 1 saturated heterocycles. The molecule has 0 aromatic heterocycles. The molecule has 0 aliphatic carbocycles. The molecule has 3 rings (SSSR count). The Morgan fingerprint density at radius 2 is 0.797 bits per heavy atom. The summed E-state index contributed by atoms with van der Waals surface area (Å²) >= 11 is 0. The zero-order chi connectivity index (χ0) is 46.3. The zero-order valence-electron chi connectivity index (χ0n) is 29.0. The summed E-state index contributed by atoms with van der Waals surface area (Å²) in [7, 11) is 0. The Labute approximate surface area is 318 Å². The number of hydrogen-bond acceptors (Lipinski definition) is 6. The van der Waals surface area contributed by atoms with E-state index in [4.69, 9.17) is 31.3 Å². The van der Waals surface area contributed by atoms with Crippen LogP contribution in [-0.4, -0.2) is 88.0 Å². The molecule has 0 unspecified atom stereocenters. The molecule has 59 heavy (non-hydrogen) atoms. The van der Waals surface area contributed by atoms with Crippen LogP contribution in [0.25, 0.3) is 0 Å². The molecule has 10 nitrogen and oxygen atoms in total. The number of aliphatic carboxylic acids is 2. The quantitative estimate of drug-likeness (QED) is 0.141. The van der Waals surface area contributed by atoms with Crippen LogP contribution < -0.4 is 11.5 Å². The van der Waals surface area contributed by atoms with Gasteiger partial charge in [0.25, 0.3) is 5.91 Å². The van der Waals surface area contributed by atoms with Gasteiger partial charge in [0.15, 0.2) is 0 Å². The maximum absolute atomic E-state index is 14.0. The van der Waals surface area contributed by atoms with E-state index < -0.39 is 126 Å². The van der Waals surface area contributed by atoms with E-state index in [9.17, 15) is 88.6 Å². The summed E-state index contributed by atoms with van der Waals surface area (Å²) in [6.07, 6.45) is -33.9. The Morgan fingerprint density at radius 1 is 0.525 bits per heavy atom. The van der Waals surface area contributed by atoms with Crippen molar-refractivity contribution in [1.82, 2.24) is 9.80 Å². The number of benzene rings is 2. The number of halogens is 18. The summed E-state index contributed by atoms with van der Waals surface area (Å²) < 4.78 is 227. The van der Waals surface area contributed by atoms with Crippen molar-refractivity contribution in [2.75, 3.05) is 26.2 Å². The number of urea groups is 1. The lowest BCUT2D eigenvalue weighted by Crippen LogP contribution is -2.54. The molecule has 0 atom stereocenters. The van der Waals surface area contributed by atoms with Crippen molar-refractivity contribution in [3.05, 3.63) is 69.8 Å². The largest absolute Gasteiger partial charge is 0.490 e. The molecule has 0 spiro atoms. The van der Waals surface area contributed by atoms with Gasteiger partial charge in [0.2, 0.25) is 0 Å². The van der Waals surface area contributed by atoms with Crippen molar-refractivity contribution in [3.8, 4) is 0 Å². The minimum absolute atomic E-state index is 0.0259. The van der Waals surface area contributed by atoms with E-state index in [-0.39, 0.29) is 62.3 Å². The molecule has 0 bridgehead atoms. The molecule has 1 fully saturated rings. The van der Waals surface area contributed by atoms with Gasteiger partial charge < -0.3 is 26.6 Å². The Morgan fingerprint density at radius 3 is 1.03 bits per heavy atom. The van der Waals surface area contributed by atoms with Gasteiger partial charge in [-0.05, 0) is 73.5 Å². The molecule has 2 aromatic rings. The van der Waals surface area contributed by atoms with Crippen LogP contribution in [0.1, 0.15) is 46.2 Å². The first-order valence-corrected chi connectivity index (χ1v) is 15.6. The fourth-order valence-corrected chi connectivity index (χ4v) is 5.11. The van der Waals surface area contributed by atoms with Crippen LogP contribution >= 0.6 is 0 Å². The number of nitrogens with zero attached hydrogens (tertiary/aromatic N) is 2. The molecule has 0 saturated carbocycles. The molecule has 28 heteroatoms. The van der Waals surface area contributed by atoms with E-state index in [0.717, 1.165) is 4.90 Å². The van der Waals surface area contributed by atoms with E-state index in [1.807, 2.05) is 0 Å². The first kappa shape index (κ1) is 52.0. The Bertz CT molecular complexity index is 1640. The van der Waals surface area contributed by atoms with Crippen molar-refractivity contribution in [2.45, 2.75) is 68.3 Å². The highest BCUT2D eigenvalue weighted by atomic mass is 19.4. The SMILES string of the molecule is NCCCN1C(=O)N(CCCN)C(Cc2cc(C(F)(F)F)cc(C(F)(F)F)c2)(Cc2cc(C(F)(F)F)cc(C(F)(F)F)c2)C1=O.O=C(O)C(F)(F)F.O=C(O)C(F)(F)F. The summed E-state index contributed by atoms with van der Waals surface area (Å²) in [5.74, 6) is -6.77. The third-order valence-corrected chi connectivity index (χ3v) is 7.57. The van der Waals surface area contributed by atoms with Gasteiger partial charge in [0.05, 0.1) is 22.3 Å². The predicted octanol–water partition coefficient (Wildman–Crippen LogP) is 7.51. The second kappa shape index (κ2) is 18.9. The standard InChI is InChI=1S/C27H26F12N4O2.2C2HF3O2/c28-24(29,30)17-7-15(8-18(11-17)25(31,32)33)13-23(21(44)42(5-1-3-40)22(45)43(23)6-2-4-41)14-16-9-19(26(34,35)36)12-20(10-16)27(37,38)39;2*3-2(4,5)1(6)7/h7-12H,1-6,13-14,40-41H2;2*(H,6,7). The van der Waals surface area contributed by atoms with Crippen LogP contribution in [0.5, 0.6) is 0 Å². The number of rotatable bonds is 10. The molecule has 1 aliphatic heterocycles. The van der Waals surface area contributed by atoms with Crippen LogP contribution in [-0.2, 0) is 51.9 Å². The minimum Gasteiger partial charge on any atom is -0.475 e. The molecule has 2 aromatic carbocycles. The molecule has 0 radical (unpaired) electrons. The van der Waals surface area contributed by atoms with Crippen molar-refractivity contribution < 1.29 is 108 Å². The molecule has 1 heterocycles. The fraction of sp³-hybridized carbons (Fsp3) is 0.484. The van der Waals surface area contributed by atoms with Gasteiger partial charge in [-0.3, -0.25) is 9.69 Å². The van der Waals surface area contributed by atoms with Gasteiger partial charge in [-0.2, -0.15) is 79.0 Å². The number of amides is 3. The number of carboxylic acids is 2. The zero-order valence-corrected chi connectivity index (χ0v) is 29.0. The van der Waals surface area contributed by atoms with Crippen LogP contribution in [0, 0.1) is 0 Å². The maximum atomic E-state index is 14.0. The van der Waals surface area contributed by atoms with E-state index in [0.29, 0.717) is 4.90 Å². The Balaban J connectivity index is 0.00000106. The number of carboxylic acid groups (broad SMARTS) is 2. The lowest BCUT2D eigenvalue weighted by Gasteiger charge is -2.36. The predicted molar refractivity (Wildman–Crippen MR) is 162 cm³/mol. The summed E-state index contributed by atoms with van der Waals surface area (Å²) in [6, 6.07) is -0.429. The van der Waals surface area contributed by atoms with Crippen LogP contribution in [0.4, 0.5) is 83.8 Å². The first-order valence-electron chi connectivity index (χ1n) is 15.6. The van der Waals surface area contributed by atoms with E-state index in [2.05, 4.69) is 0 Å². The average Bonchev–Trinajstić information content (AvgIpc) is 3.24. The second-order valence-corrected chi connectivity index (χ2v) is 12.0. The van der Waals surface area contributed by atoms with Gasteiger partial charge in [-0.25, -0.2) is 14.4 Å². The molecule has 334 valence electrons. The summed E-state index contributed by atoms with van der Waals surface area (Å²) in [5.41, 5.74) is -0.346. The van der Waals surface area contributed by atoms with E-state index in [1.54, 1.807) is 0 Å². The number of carbonyl (C=O) groups excluding carboxylic acids is 2. The monoisotopic (exact) mass is 894 g/mol. The Kier molecular flexibility index (Phi) is 16.7. The summed E-state index contributed by atoms with van der Waals surface area (Å²) in [6.45, 7) is -1.10. The smallest absolute Gasteiger partial charge is 0.475 e. The number of alkyl halides is 18. The lowest BCUT2D eigenvalue weighted by molar-refractivity contribution is -0.193. The van der Waals surface area contributed by atoms with Crippen LogP contribution in [0.15, 0.2) is 36.4 Å². The number of carbonyl (C=O) groups is 4. The van der Waals surface area contributed by atoms with Gasteiger partial charge in [-0.15, -0.1) is 0 Å². The normalized spacial score (nSPS) is 15.1. The molecule has 1 aliphatic rings. The number of nitrogens with two attached hydrogens (primary N) is 2. The first-order chi connectivity index (χ1) is 26.4. The van der Waals surface area contributed by atoms with Crippen LogP contribution in [0.3, 0.4) is 0 Å². The maximum Gasteiger partial charge on any atom is 0.490 e. The van der Waals surface area contributed by atoms with Crippen molar-refractivity contribution in [3.63, 3.8) is 0 Å². The van der Waals surface area contributed by atoms with E-state index in [1.165, 1.54) is 0 Å². The summed E-state index contributed by atoms with van der Waals surface area (Å²) in [4.78, 5) is 46.5. The minimum atomic E-state index is -5.33. The van der Waals surface area contributed by atoms with Gasteiger partial charge >= 0.3 is 55.0 Å². The van der Waals surface area contributed by atoms with Crippen molar-refractivity contribution >= 4 is 23.9 Å². The van der Waals surface area contributed by atoms with Gasteiger partial charge in [0.1, 0.15) is 5.54 Å². The third-order valence-electron chi connectivity index (χ3n) is 7.57. The van der Waals surface area contributed by atoms with Gasteiger partial charge in [0, 0.05) is 25.9 Å². The molecule has 6 N–H and O–H groups in total. The highest BCUT2D eigenvalue weighted by Crippen LogP contribution is 2.42. The van der Waals surface area contributed by atoms with Crippen LogP contribution in [0.2, 0.25) is 0 Å².